The van der Waals surface area contributed by atoms with Gasteiger partial charge in [0.15, 0.2) is 0 Å². The topological polar surface area (TPSA) is 12.0 Å². The molecule has 0 spiro atoms. The first-order valence-corrected chi connectivity index (χ1v) is 7.64. The van der Waals surface area contributed by atoms with Crippen LogP contribution in [0.1, 0.15) is 33.2 Å². The summed E-state index contributed by atoms with van der Waals surface area (Å²) < 4.78 is 1.23. The first-order valence-electron chi connectivity index (χ1n) is 6.03. The Morgan fingerprint density at radius 2 is 1.83 bits per heavy atom. The number of hydrogen-bond acceptors (Lipinski definition) is 2. The molecule has 2 aromatic rings. The van der Waals surface area contributed by atoms with Crippen LogP contribution in [0.2, 0.25) is 0 Å². The lowest BCUT2D eigenvalue weighted by atomic mass is 9.98. The van der Waals surface area contributed by atoms with Crippen LogP contribution in [-0.4, -0.2) is 7.05 Å². The molecule has 0 aliphatic carbocycles. The van der Waals surface area contributed by atoms with Gasteiger partial charge in [-0.2, -0.15) is 0 Å². The number of rotatable bonds is 3. The molecule has 1 aromatic heterocycles. The number of aryl methyl sites for hydroxylation is 3. The molecule has 0 bridgehead atoms. The van der Waals surface area contributed by atoms with Crippen LogP contribution < -0.4 is 5.32 Å². The van der Waals surface area contributed by atoms with Crippen molar-refractivity contribution in [3.05, 3.63) is 55.2 Å². The smallest absolute Gasteiger partial charge is 0.0731 e. The Morgan fingerprint density at radius 1 is 1.11 bits per heavy atom. The van der Waals surface area contributed by atoms with E-state index in [-0.39, 0.29) is 6.04 Å². The van der Waals surface area contributed by atoms with Crippen molar-refractivity contribution in [2.45, 2.75) is 26.8 Å². The van der Waals surface area contributed by atoms with E-state index in [0.717, 1.165) is 0 Å². The SMILES string of the molecule is CNC(c1cc(C)c(Br)s1)c1cc(C)ccc1C. The monoisotopic (exact) mass is 323 g/mol. The van der Waals surface area contributed by atoms with E-state index in [2.05, 4.69) is 66.3 Å². The maximum Gasteiger partial charge on any atom is 0.0731 e. The summed E-state index contributed by atoms with van der Waals surface area (Å²) >= 11 is 5.42. The summed E-state index contributed by atoms with van der Waals surface area (Å²) in [5.41, 5.74) is 5.32. The predicted molar refractivity (Wildman–Crippen MR) is 83.6 cm³/mol. The van der Waals surface area contributed by atoms with Gasteiger partial charge in [-0.15, -0.1) is 11.3 Å². The molecular weight excluding hydrogens is 306 g/mol. The van der Waals surface area contributed by atoms with Crippen molar-refractivity contribution < 1.29 is 0 Å². The Morgan fingerprint density at radius 3 is 2.39 bits per heavy atom. The van der Waals surface area contributed by atoms with Crippen LogP contribution in [0.15, 0.2) is 28.1 Å². The Bertz CT molecular complexity index is 540. The van der Waals surface area contributed by atoms with E-state index in [9.17, 15) is 0 Å². The lowest BCUT2D eigenvalue weighted by Gasteiger charge is -2.18. The van der Waals surface area contributed by atoms with E-state index in [4.69, 9.17) is 0 Å². The van der Waals surface area contributed by atoms with Gasteiger partial charge >= 0.3 is 0 Å². The minimum Gasteiger partial charge on any atom is -0.309 e. The van der Waals surface area contributed by atoms with Crippen LogP contribution >= 0.6 is 27.3 Å². The Balaban J connectivity index is 2.48. The minimum atomic E-state index is 0.278. The Labute approximate surface area is 121 Å². The second kappa shape index (κ2) is 5.55. The summed E-state index contributed by atoms with van der Waals surface area (Å²) in [6.45, 7) is 6.46. The van der Waals surface area contributed by atoms with E-state index < -0.39 is 0 Å². The van der Waals surface area contributed by atoms with Crippen molar-refractivity contribution in [1.82, 2.24) is 5.32 Å². The summed E-state index contributed by atoms with van der Waals surface area (Å²) in [4.78, 5) is 1.36. The van der Waals surface area contributed by atoms with Crippen LogP contribution in [-0.2, 0) is 0 Å². The zero-order chi connectivity index (χ0) is 13.3. The third kappa shape index (κ3) is 2.68. The van der Waals surface area contributed by atoms with Crippen LogP contribution in [0, 0.1) is 20.8 Å². The highest BCUT2D eigenvalue weighted by atomic mass is 79.9. The fourth-order valence-electron chi connectivity index (χ4n) is 2.15. The van der Waals surface area contributed by atoms with Crippen molar-refractivity contribution in [2.75, 3.05) is 7.05 Å². The molecule has 1 unspecified atom stereocenters. The van der Waals surface area contributed by atoms with Crippen molar-refractivity contribution in [2.24, 2.45) is 0 Å². The van der Waals surface area contributed by atoms with Crippen molar-refractivity contribution >= 4 is 27.3 Å². The van der Waals surface area contributed by atoms with E-state index in [1.54, 1.807) is 0 Å². The number of benzene rings is 1. The fourth-order valence-corrected chi connectivity index (χ4v) is 3.85. The highest BCUT2D eigenvalue weighted by Gasteiger charge is 2.17. The Kier molecular flexibility index (Phi) is 4.25. The summed E-state index contributed by atoms with van der Waals surface area (Å²) in [6, 6.07) is 9.18. The zero-order valence-electron chi connectivity index (χ0n) is 11.2. The summed E-state index contributed by atoms with van der Waals surface area (Å²) in [6.07, 6.45) is 0. The number of halogens is 1. The molecule has 3 heteroatoms. The number of hydrogen-bond donors (Lipinski definition) is 1. The zero-order valence-corrected chi connectivity index (χ0v) is 13.6. The average molecular weight is 324 g/mol. The normalized spacial score (nSPS) is 12.7. The van der Waals surface area contributed by atoms with Crippen molar-refractivity contribution in [3.8, 4) is 0 Å². The van der Waals surface area contributed by atoms with Crippen LogP contribution in [0.4, 0.5) is 0 Å². The molecule has 0 aliphatic heterocycles. The molecule has 0 fully saturated rings. The number of nitrogens with one attached hydrogen (secondary N) is 1. The lowest BCUT2D eigenvalue weighted by molar-refractivity contribution is 0.698. The van der Waals surface area contributed by atoms with Gasteiger partial charge in [0.2, 0.25) is 0 Å². The van der Waals surface area contributed by atoms with Crippen molar-refractivity contribution in [1.29, 1.82) is 0 Å². The van der Waals surface area contributed by atoms with Gasteiger partial charge in [0.1, 0.15) is 0 Å². The van der Waals surface area contributed by atoms with Crippen LogP contribution in [0.5, 0.6) is 0 Å². The standard InChI is InChI=1S/C15H18BrNS/c1-9-5-6-10(2)12(7-9)14(17-4)13-8-11(3)15(16)18-13/h5-8,14,17H,1-4H3. The van der Waals surface area contributed by atoms with Gasteiger partial charge in [-0.3, -0.25) is 0 Å². The van der Waals surface area contributed by atoms with Gasteiger partial charge in [0.25, 0.3) is 0 Å². The van der Waals surface area contributed by atoms with Gasteiger partial charge in [-0.25, -0.2) is 0 Å². The molecule has 1 N–H and O–H groups in total. The summed E-state index contributed by atoms with van der Waals surface area (Å²) in [5.74, 6) is 0. The summed E-state index contributed by atoms with van der Waals surface area (Å²) in [5, 5.41) is 3.43. The molecule has 2 rings (SSSR count). The molecule has 0 amide bonds. The molecule has 0 saturated heterocycles. The van der Waals surface area contributed by atoms with Gasteiger partial charge in [0, 0.05) is 4.88 Å². The molecule has 1 nitrogen and oxygen atoms in total. The maximum absolute atomic E-state index is 3.61. The summed E-state index contributed by atoms with van der Waals surface area (Å²) in [7, 11) is 2.02. The molecule has 1 heterocycles. The fraction of sp³-hybridized carbons (Fsp3) is 0.333. The van der Waals surface area contributed by atoms with Gasteiger partial charge in [0.05, 0.1) is 9.83 Å². The molecule has 96 valence electrons. The van der Waals surface area contributed by atoms with Gasteiger partial charge < -0.3 is 5.32 Å². The molecule has 1 atom stereocenters. The van der Waals surface area contributed by atoms with Crippen LogP contribution in [0.3, 0.4) is 0 Å². The highest BCUT2D eigenvalue weighted by Crippen LogP contribution is 2.35. The highest BCUT2D eigenvalue weighted by molar-refractivity contribution is 9.11. The Hall–Kier alpha value is -0.640. The first kappa shape index (κ1) is 13.8. The third-order valence-corrected chi connectivity index (χ3v) is 5.40. The van der Waals surface area contributed by atoms with Crippen molar-refractivity contribution in [3.63, 3.8) is 0 Å². The van der Waals surface area contributed by atoms with Crippen LogP contribution in [0.25, 0.3) is 0 Å². The quantitative estimate of drug-likeness (QED) is 0.859. The molecule has 18 heavy (non-hydrogen) atoms. The molecule has 0 saturated carbocycles. The van der Waals surface area contributed by atoms with E-state index in [0.29, 0.717) is 0 Å². The molecule has 0 radical (unpaired) electrons. The van der Waals surface area contributed by atoms with E-state index >= 15 is 0 Å². The molecule has 1 aromatic carbocycles. The second-order valence-electron chi connectivity index (χ2n) is 4.69. The van der Waals surface area contributed by atoms with Gasteiger partial charge in [-0.05, 0) is 66.5 Å². The average Bonchev–Trinajstić information content (AvgIpc) is 2.65. The van der Waals surface area contributed by atoms with Gasteiger partial charge in [-0.1, -0.05) is 23.8 Å². The second-order valence-corrected chi connectivity index (χ2v) is 7.09. The first-order chi connectivity index (χ1) is 8.52. The number of thiophene rings is 1. The molecule has 0 aliphatic rings. The van der Waals surface area contributed by atoms with E-state index in [1.165, 1.54) is 30.9 Å². The lowest BCUT2D eigenvalue weighted by Crippen LogP contribution is -2.17. The third-order valence-electron chi connectivity index (χ3n) is 3.20. The van der Waals surface area contributed by atoms with E-state index in [1.807, 2.05) is 18.4 Å². The maximum atomic E-state index is 3.61. The minimum absolute atomic E-state index is 0.278. The largest absolute Gasteiger partial charge is 0.309 e. The molecular formula is C15H18BrNS. The predicted octanol–water partition coefficient (Wildman–Crippen LogP) is 4.74.